The molecule has 7 heteroatoms. The van der Waals surface area contributed by atoms with Gasteiger partial charge in [0, 0.05) is 24.1 Å². The highest BCUT2D eigenvalue weighted by molar-refractivity contribution is 5.95. The van der Waals surface area contributed by atoms with E-state index in [4.69, 9.17) is 16.2 Å². The Hall–Kier alpha value is -2.57. The van der Waals surface area contributed by atoms with Gasteiger partial charge >= 0.3 is 6.03 Å². The van der Waals surface area contributed by atoms with Gasteiger partial charge in [0.25, 0.3) is 0 Å². The highest BCUT2D eigenvalue weighted by Gasteiger charge is 2.24. The van der Waals surface area contributed by atoms with Crippen molar-refractivity contribution in [3.05, 3.63) is 29.3 Å². The van der Waals surface area contributed by atoms with E-state index in [0.29, 0.717) is 23.9 Å². The minimum atomic E-state index is -0.425. The van der Waals surface area contributed by atoms with Crippen molar-refractivity contribution in [2.24, 2.45) is 27.8 Å². The second kappa shape index (κ2) is 9.76. The van der Waals surface area contributed by atoms with Crippen LogP contribution in [0, 0.1) is 18.3 Å². The fourth-order valence-electron chi connectivity index (χ4n) is 3.32. The Labute approximate surface area is 173 Å². The second-order valence-corrected chi connectivity index (χ2v) is 8.79. The van der Waals surface area contributed by atoms with Crippen LogP contribution in [0.4, 0.5) is 4.79 Å². The SMILES string of the molecule is Cc1cc(OCCCC2CCN(C(=O)N=C(N)C(C)(C)C)CC2)ccc1C(N)=O. The lowest BCUT2D eigenvalue weighted by atomic mass is 9.92. The summed E-state index contributed by atoms with van der Waals surface area (Å²) in [6, 6.07) is 5.10. The molecule has 0 atom stereocenters. The number of likely N-dealkylation sites (tertiary alicyclic amines) is 1. The first-order valence-corrected chi connectivity index (χ1v) is 10.2. The first-order valence-electron chi connectivity index (χ1n) is 10.2. The van der Waals surface area contributed by atoms with E-state index in [1.807, 2.05) is 33.8 Å². The number of aryl methyl sites for hydroxylation is 1. The number of hydrogen-bond donors (Lipinski definition) is 2. The molecule has 7 nitrogen and oxygen atoms in total. The molecule has 0 radical (unpaired) electrons. The number of amides is 3. The molecule has 0 spiro atoms. The number of amidine groups is 1. The number of benzene rings is 1. The number of carbonyl (C=O) groups excluding carboxylic acids is 2. The van der Waals surface area contributed by atoms with Crippen molar-refractivity contribution < 1.29 is 14.3 Å². The van der Waals surface area contributed by atoms with Crippen LogP contribution < -0.4 is 16.2 Å². The Bertz CT molecular complexity index is 760. The van der Waals surface area contributed by atoms with E-state index in [9.17, 15) is 9.59 Å². The van der Waals surface area contributed by atoms with Crippen molar-refractivity contribution in [2.75, 3.05) is 19.7 Å². The van der Waals surface area contributed by atoms with Gasteiger partial charge < -0.3 is 21.1 Å². The number of piperidine rings is 1. The van der Waals surface area contributed by atoms with Crippen LogP contribution in [0.15, 0.2) is 23.2 Å². The highest BCUT2D eigenvalue weighted by atomic mass is 16.5. The molecule has 4 N–H and O–H groups in total. The topological polar surface area (TPSA) is 111 Å². The van der Waals surface area contributed by atoms with E-state index in [2.05, 4.69) is 4.99 Å². The predicted molar refractivity (Wildman–Crippen MR) is 115 cm³/mol. The third-order valence-electron chi connectivity index (χ3n) is 5.36. The van der Waals surface area contributed by atoms with Crippen molar-refractivity contribution in [3.8, 4) is 5.75 Å². The molecule has 1 aromatic rings. The van der Waals surface area contributed by atoms with Crippen molar-refractivity contribution in [1.82, 2.24) is 4.90 Å². The quantitative estimate of drug-likeness (QED) is 0.431. The number of hydrogen-bond acceptors (Lipinski definition) is 3. The zero-order valence-corrected chi connectivity index (χ0v) is 18.0. The number of aliphatic imine (C=N–C) groups is 1. The van der Waals surface area contributed by atoms with Gasteiger partial charge in [-0.2, -0.15) is 4.99 Å². The van der Waals surface area contributed by atoms with Gasteiger partial charge in [0.05, 0.1) is 6.61 Å². The smallest absolute Gasteiger partial charge is 0.345 e. The van der Waals surface area contributed by atoms with Gasteiger partial charge in [-0.25, -0.2) is 4.79 Å². The lowest BCUT2D eigenvalue weighted by molar-refractivity contribution is 0.0999. The number of nitrogens with two attached hydrogens (primary N) is 2. The number of rotatable bonds is 6. The molecule has 29 heavy (non-hydrogen) atoms. The third-order valence-corrected chi connectivity index (χ3v) is 5.36. The summed E-state index contributed by atoms with van der Waals surface area (Å²) in [6.07, 6.45) is 3.96. The van der Waals surface area contributed by atoms with Gasteiger partial charge in [-0.05, 0) is 62.3 Å². The third kappa shape index (κ3) is 6.76. The molecular weight excluding hydrogens is 368 g/mol. The minimum Gasteiger partial charge on any atom is -0.494 e. The Morgan fingerprint density at radius 3 is 2.41 bits per heavy atom. The van der Waals surface area contributed by atoms with E-state index < -0.39 is 5.91 Å². The van der Waals surface area contributed by atoms with E-state index in [1.54, 1.807) is 17.0 Å². The summed E-state index contributed by atoms with van der Waals surface area (Å²) in [5, 5.41) is 0. The van der Waals surface area contributed by atoms with Crippen molar-refractivity contribution >= 4 is 17.8 Å². The summed E-state index contributed by atoms with van der Waals surface area (Å²) in [7, 11) is 0. The maximum absolute atomic E-state index is 12.3. The van der Waals surface area contributed by atoms with Crippen LogP contribution in [0.25, 0.3) is 0 Å². The van der Waals surface area contributed by atoms with Crippen LogP contribution >= 0.6 is 0 Å². The van der Waals surface area contributed by atoms with Gasteiger partial charge in [0.2, 0.25) is 5.91 Å². The van der Waals surface area contributed by atoms with Crippen LogP contribution in [-0.4, -0.2) is 42.4 Å². The summed E-state index contributed by atoms with van der Waals surface area (Å²) in [4.78, 5) is 29.4. The minimum absolute atomic E-state index is 0.228. The zero-order valence-electron chi connectivity index (χ0n) is 18.0. The Balaban J connectivity index is 1.71. The first-order chi connectivity index (χ1) is 13.6. The standard InChI is InChI=1S/C22H34N4O3/c1-15-14-17(7-8-18(15)19(23)27)29-13-5-6-16-9-11-26(12-10-16)21(28)25-20(24)22(2,3)4/h7-8,14,16H,5-6,9-13H2,1-4H3,(H2,23,27)(H2,24,25,28). The van der Waals surface area contributed by atoms with Crippen molar-refractivity contribution in [3.63, 3.8) is 0 Å². The zero-order chi connectivity index (χ0) is 21.6. The Morgan fingerprint density at radius 1 is 1.21 bits per heavy atom. The number of nitrogens with zero attached hydrogens (tertiary/aromatic N) is 2. The molecule has 1 saturated heterocycles. The fourth-order valence-corrected chi connectivity index (χ4v) is 3.32. The van der Waals surface area contributed by atoms with E-state index in [0.717, 1.165) is 50.1 Å². The average molecular weight is 403 g/mol. The molecule has 0 unspecified atom stereocenters. The maximum atomic E-state index is 12.3. The summed E-state index contributed by atoms with van der Waals surface area (Å²) >= 11 is 0. The summed E-state index contributed by atoms with van der Waals surface area (Å²) in [6.45, 7) is 9.75. The molecule has 0 bridgehead atoms. The molecule has 0 aromatic heterocycles. The molecule has 0 saturated carbocycles. The fraction of sp³-hybridized carbons (Fsp3) is 0.591. The van der Waals surface area contributed by atoms with E-state index in [1.165, 1.54) is 0 Å². The average Bonchev–Trinajstić information content (AvgIpc) is 2.64. The number of carbonyl (C=O) groups is 2. The predicted octanol–water partition coefficient (Wildman–Crippen LogP) is 3.49. The molecule has 160 valence electrons. The van der Waals surface area contributed by atoms with Gasteiger partial charge in [-0.1, -0.05) is 20.8 Å². The summed E-state index contributed by atoms with van der Waals surface area (Å²) in [5.41, 5.74) is 12.3. The van der Waals surface area contributed by atoms with Crippen LogP contribution in [0.1, 0.15) is 62.4 Å². The van der Waals surface area contributed by atoms with Gasteiger partial charge in [-0.3, -0.25) is 4.79 Å². The normalized spacial score (nSPS) is 16.0. The molecule has 2 rings (SSSR count). The lowest BCUT2D eigenvalue weighted by Crippen LogP contribution is -2.39. The van der Waals surface area contributed by atoms with Crippen molar-refractivity contribution in [2.45, 2.75) is 53.4 Å². The molecule has 1 aliphatic rings. The number of urea groups is 1. The molecule has 1 fully saturated rings. The Kier molecular flexibility index (Phi) is 7.65. The summed E-state index contributed by atoms with van der Waals surface area (Å²) in [5.74, 6) is 1.29. The van der Waals surface area contributed by atoms with Crippen LogP contribution in [0.3, 0.4) is 0 Å². The monoisotopic (exact) mass is 402 g/mol. The molecule has 3 amide bonds. The van der Waals surface area contributed by atoms with E-state index in [-0.39, 0.29) is 11.4 Å². The van der Waals surface area contributed by atoms with Crippen molar-refractivity contribution in [1.29, 1.82) is 0 Å². The molecule has 0 aliphatic carbocycles. The lowest BCUT2D eigenvalue weighted by Gasteiger charge is -2.31. The number of ether oxygens (including phenoxy) is 1. The van der Waals surface area contributed by atoms with Crippen LogP contribution in [0.2, 0.25) is 0 Å². The largest absolute Gasteiger partial charge is 0.494 e. The Morgan fingerprint density at radius 2 is 1.86 bits per heavy atom. The highest BCUT2D eigenvalue weighted by Crippen LogP contribution is 2.23. The van der Waals surface area contributed by atoms with Gasteiger partial charge in [0.1, 0.15) is 11.6 Å². The molecule has 1 aromatic carbocycles. The molecule has 1 heterocycles. The van der Waals surface area contributed by atoms with Crippen LogP contribution in [0.5, 0.6) is 5.75 Å². The second-order valence-electron chi connectivity index (χ2n) is 8.79. The van der Waals surface area contributed by atoms with Gasteiger partial charge in [-0.15, -0.1) is 0 Å². The van der Waals surface area contributed by atoms with E-state index >= 15 is 0 Å². The maximum Gasteiger partial charge on any atom is 0.345 e. The van der Waals surface area contributed by atoms with Crippen LogP contribution in [-0.2, 0) is 0 Å². The molecular formula is C22H34N4O3. The number of primary amides is 1. The molecule has 1 aliphatic heterocycles. The first kappa shape index (κ1) is 22.7. The van der Waals surface area contributed by atoms with Gasteiger partial charge in [0.15, 0.2) is 0 Å². The summed E-state index contributed by atoms with van der Waals surface area (Å²) < 4.78 is 5.80.